The van der Waals surface area contributed by atoms with Crippen LogP contribution in [0.15, 0.2) is 42.5 Å². The number of benzene rings is 2. The van der Waals surface area contributed by atoms with Gasteiger partial charge in [0, 0.05) is 27.6 Å². The second-order valence-electron chi connectivity index (χ2n) is 7.09. The average molecular weight is 301 g/mol. The van der Waals surface area contributed by atoms with Crippen LogP contribution in [0.2, 0.25) is 0 Å². The van der Waals surface area contributed by atoms with Gasteiger partial charge in [-0.05, 0) is 47.7 Å². The minimum Gasteiger partial charge on any atom is -0.358 e. The van der Waals surface area contributed by atoms with E-state index in [9.17, 15) is 0 Å². The van der Waals surface area contributed by atoms with Crippen molar-refractivity contribution in [1.82, 2.24) is 4.98 Å². The second-order valence-corrected chi connectivity index (χ2v) is 7.09. The lowest BCUT2D eigenvalue weighted by Gasteiger charge is -2.21. The van der Waals surface area contributed by atoms with Gasteiger partial charge in [0.2, 0.25) is 0 Å². The first-order chi connectivity index (χ1) is 11.0. The number of hydrogen-bond acceptors (Lipinski definition) is 0. The molecule has 1 aliphatic rings. The molecule has 4 rings (SSSR count). The average Bonchev–Trinajstić information content (AvgIpc) is 2.96. The largest absolute Gasteiger partial charge is 0.358 e. The van der Waals surface area contributed by atoms with Gasteiger partial charge < -0.3 is 4.98 Å². The minimum atomic E-state index is 0.0680. The Morgan fingerprint density at radius 2 is 1.83 bits per heavy atom. The van der Waals surface area contributed by atoms with Gasteiger partial charge in [-0.1, -0.05) is 57.2 Å². The number of fused-ring (bicyclic) bond motifs is 4. The van der Waals surface area contributed by atoms with E-state index in [0.717, 1.165) is 6.42 Å². The van der Waals surface area contributed by atoms with Gasteiger partial charge in [-0.2, -0.15) is 0 Å². The van der Waals surface area contributed by atoms with Crippen LogP contribution in [0.5, 0.6) is 0 Å². The van der Waals surface area contributed by atoms with E-state index in [1.165, 1.54) is 44.4 Å². The van der Waals surface area contributed by atoms with Crippen LogP contribution >= 0.6 is 0 Å². The molecule has 1 N–H and O–H groups in total. The highest BCUT2D eigenvalue weighted by atomic mass is 14.7. The Kier molecular flexibility index (Phi) is 3.02. The summed E-state index contributed by atoms with van der Waals surface area (Å²) in [6, 6.07) is 13.6. The molecular weight excluding hydrogens is 278 g/mol. The Hall–Kier alpha value is -2.28. The molecule has 0 fully saturated rings. The molecule has 0 radical (unpaired) electrons. The molecule has 0 aliphatic heterocycles. The van der Waals surface area contributed by atoms with Crippen molar-refractivity contribution in [3.8, 4) is 11.1 Å². The molecule has 2 aromatic carbocycles. The number of allylic oxidation sites excluding steroid dienone is 1. The molecule has 1 aromatic heterocycles. The highest BCUT2D eigenvalue weighted by molar-refractivity contribution is 5.97. The van der Waals surface area contributed by atoms with Crippen LogP contribution in [-0.4, -0.2) is 4.98 Å². The highest BCUT2D eigenvalue weighted by Crippen LogP contribution is 2.50. The number of aromatic amines is 1. The van der Waals surface area contributed by atoms with E-state index in [1.807, 2.05) is 0 Å². The zero-order valence-electron chi connectivity index (χ0n) is 14.3. The summed E-state index contributed by atoms with van der Waals surface area (Å²) in [7, 11) is 0. The number of aryl methyl sites for hydroxylation is 1. The molecule has 1 heterocycles. The number of rotatable bonds is 2. The molecule has 23 heavy (non-hydrogen) atoms. The summed E-state index contributed by atoms with van der Waals surface area (Å²) in [6.45, 7) is 9.01. The van der Waals surface area contributed by atoms with Crippen molar-refractivity contribution in [3.63, 3.8) is 0 Å². The van der Waals surface area contributed by atoms with Crippen LogP contribution in [0, 0.1) is 6.92 Å². The van der Waals surface area contributed by atoms with Crippen LogP contribution in [0.1, 0.15) is 49.6 Å². The third-order valence-corrected chi connectivity index (χ3v) is 5.26. The zero-order chi connectivity index (χ0) is 16.2. The lowest BCUT2D eigenvalue weighted by Crippen LogP contribution is -2.14. The Balaban J connectivity index is 2.05. The third kappa shape index (κ3) is 1.92. The standard InChI is InChI=1S/C22H23N/c1-5-6-9-15-14(2)23-21-13-20-17(12-18(15)21)16-10-7-8-11-19(16)22(20,3)4/h6-13,23H,5H2,1-4H3/b9-6-. The molecule has 1 nitrogen and oxygen atoms in total. The van der Waals surface area contributed by atoms with Crippen LogP contribution in [0.25, 0.3) is 28.1 Å². The fraction of sp³-hybridized carbons (Fsp3) is 0.273. The lowest BCUT2D eigenvalue weighted by molar-refractivity contribution is 0.661. The molecule has 0 unspecified atom stereocenters. The number of aromatic nitrogens is 1. The van der Waals surface area contributed by atoms with E-state index in [1.54, 1.807) is 0 Å². The fourth-order valence-corrected chi connectivity index (χ4v) is 4.00. The maximum absolute atomic E-state index is 3.58. The zero-order valence-corrected chi connectivity index (χ0v) is 14.3. The molecule has 3 aromatic rings. The summed E-state index contributed by atoms with van der Waals surface area (Å²) < 4.78 is 0. The summed E-state index contributed by atoms with van der Waals surface area (Å²) in [5, 5.41) is 1.33. The van der Waals surface area contributed by atoms with Gasteiger partial charge in [-0.25, -0.2) is 0 Å². The number of hydrogen-bond donors (Lipinski definition) is 1. The Morgan fingerprint density at radius 1 is 1.04 bits per heavy atom. The highest BCUT2D eigenvalue weighted by Gasteiger charge is 2.35. The molecule has 116 valence electrons. The van der Waals surface area contributed by atoms with Gasteiger partial charge in [0.1, 0.15) is 0 Å². The summed E-state index contributed by atoms with van der Waals surface area (Å²) in [5.74, 6) is 0. The fourth-order valence-electron chi connectivity index (χ4n) is 4.00. The molecule has 0 saturated heterocycles. The maximum Gasteiger partial charge on any atom is 0.0465 e. The van der Waals surface area contributed by atoms with E-state index in [2.05, 4.69) is 81.2 Å². The minimum absolute atomic E-state index is 0.0680. The second kappa shape index (κ2) is 4.86. The summed E-state index contributed by atoms with van der Waals surface area (Å²) >= 11 is 0. The molecule has 0 amide bonds. The molecular formula is C22H23N. The van der Waals surface area contributed by atoms with Crippen molar-refractivity contribution >= 4 is 17.0 Å². The van der Waals surface area contributed by atoms with Gasteiger partial charge in [0.05, 0.1) is 0 Å². The molecule has 0 bridgehead atoms. The van der Waals surface area contributed by atoms with Crippen LogP contribution in [0.3, 0.4) is 0 Å². The normalized spacial score (nSPS) is 15.3. The monoisotopic (exact) mass is 301 g/mol. The van der Waals surface area contributed by atoms with Crippen molar-refractivity contribution in [3.05, 3.63) is 64.9 Å². The predicted molar refractivity (Wildman–Crippen MR) is 99.9 cm³/mol. The summed E-state index contributed by atoms with van der Waals surface area (Å²) in [4.78, 5) is 3.58. The topological polar surface area (TPSA) is 15.8 Å². The van der Waals surface area contributed by atoms with Crippen molar-refractivity contribution in [2.24, 2.45) is 0 Å². The van der Waals surface area contributed by atoms with Crippen molar-refractivity contribution in [2.75, 3.05) is 0 Å². The van der Waals surface area contributed by atoms with E-state index in [0.29, 0.717) is 0 Å². The lowest BCUT2D eigenvalue weighted by atomic mass is 9.82. The number of H-pyrrole nitrogens is 1. The van der Waals surface area contributed by atoms with Crippen LogP contribution in [-0.2, 0) is 5.41 Å². The molecule has 0 spiro atoms. The third-order valence-electron chi connectivity index (χ3n) is 5.26. The molecule has 0 saturated carbocycles. The SMILES string of the molecule is CC/C=C\c1c(C)[nH]c2cc3c(cc12)-c1ccccc1C3(C)C. The van der Waals surface area contributed by atoms with Crippen molar-refractivity contribution < 1.29 is 0 Å². The number of nitrogens with one attached hydrogen (secondary N) is 1. The predicted octanol–water partition coefficient (Wildman–Crippen LogP) is 6.21. The smallest absolute Gasteiger partial charge is 0.0465 e. The van der Waals surface area contributed by atoms with Gasteiger partial charge in [-0.3, -0.25) is 0 Å². The van der Waals surface area contributed by atoms with E-state index < -0.39 is 0 Å². The van der Waals surface area contributed by atoms with Crippen molar-refractivity contribution in [1.29, 1.82) is 0 Å². The van der Waals surface area contributed by atoms with Gasteiger partial charge in [0.25, 0.3) is 0 Å². The van der Waals surface area contributed by atoms with Crippen molar-refractivity contribution in [2.45, 2.75) is 39.5 Å². The van der Waals surface area contributed by atoms with E-state index in [4.69, 9.17) is 0 Å². The van der Waals surface area contributed by atoms with Gasteiger partial charge in [0.15, 0.2) is 0 Å². The van der Waals surface area contributed by atoms with Gasteiger partial charge in [-0.15, -0.1) is 0 Å². The van der Waals surface area contributed by atoms with Crippen LogP contribution in [0.4, 0.5) is 0 Å². The molecule has 1 aliphatic carbocycles. The summed E-state index contributed by atoms with van der Waals surface area (Å²) in [6.07, 6.45) is 5.56. The first-order valence-corrected chi connectivity index (χ1v) is 8.47. The van der Waals surface area contributed by atoms with Gasteiger partial charge >= 0.3 is 0 Å². The Morgan fingerprint density at radius 3 is 2.61 bits per heavy atom. The first-order valence-electron chi connectivity index (χ1n) is 8.47. The molecule has 0 atom stereocenters. The maximum atomic E-state index is 3.58. The molecule has 1 heteroatoms. The van der Waals surface area contributed by atoms with Crippen LogP contribution < -0.4 is 0 Å². The Bertz CT molecular complexity index is 938. The van der Waals surface area contributed by atoms with E-state index >= 15 is 0 Å². The quantitative estimate of drug-likeness (QED) is 0.579. The first kappa shape index (κ1) is 14.3. The van der Waals surface area contributed by atoms with E-state index in [-0.39, 0.29) is 5.41 Å². The summed E-state index contributed by atoms with van der Waals surface area (Å²) in [5.41, 5.74) is 9.54. The Labute approximate surface area is 138 Å².